The molecule has 1 fully saturated rings. The molecule has 0 radical (unpaired) electrons. The lowest BCUT2D eigenvalue weighted by molar-refractivity contribution is -0.117. The predicted octanol–water partition coefficient (Wildman–Crippen LogP) is 4.52. The molecular weight excluding hydrogens is 387 g/mol. The van der Waals surface area contributed by atoms with Gasteiger partial charge in [0.05, 0.1) is 11.3 Å². The van der Waals surface area contributed by atoms with Crippen molar-refractivity contribution in [3.8, 4) is 0 Å². The van der Waals surface area contributed by atoms with Crippen molar-refractivity contribution in [3.05, 3.63) is 58.9 Å². The molecule has 7 heteroatoms. The summed E-state index contributed by atoms with van der Waals surface area (Å²) in [5.41, 5.74) is 1.03. The normalized spacial score (nSPS) is 13.9. The highest BCUT2D eigenvalue weighted by Gasteiger charge is 2.26. The van der Waals surface area contributed by atoms with Gasteiger partial charge in [-0.1, -0.05) is 11.6 Å². The fourth-order valence-electron chi connectivity index (χ4n) is 2.91. The summed E-state index contributed by atoms with van der Waals surface area (Å²) < 4.78 is 12.9. The maximum absolute atomic E-state index is 12.9. The van der Waals surface area contributed by atoms with E-state index in [2.05, 4.69) is 5.32 Å². The van der Waals surface area contributed by atoms with Crippen molar-refractivity contribution in [2.45, 2.75) is 24.2 Å². The van der Waals surface area contributed by atoms with Crippen LogP contribution >= 0.6 is 23.4 Å². The van der Waals surface area contributed by atoms with Crippen LogP contribution in [0, 0.1) is 5.82 Å². The lowest BCUT2D eigenvalue weighted by Crippen LogP contribution is -2.30. The first kappa shape index (κ1) is 19.7. The smallest absolute Gasteiger partial charge is 0.253 e. The van der Waals surface area contributed by atoms with E-state index >= 15 is 0 Å². The SMILES string of the molecule is O=C(NCCCSc1ccc(F)cc1)c1ccc(Cl)cc1N1CCCC1=O. The van der Waals surface area contributed by atoms with E-state index < -0.39 is 0 Å². The van der Waals surface area contributed by atoms with Crippen LogP contribution in [0.3, 0.4) is 0 Å². The molecule has 0 aliphatic carbocycles. The van der Waals surface area contributed by atoms with E-state index in [4.69, 9.17) is 11.6 Å². The van der Waals surface area contributed by atoms with E-state index in [0.717, 1.165) is 23.5 Å². The molecule has 1 heterocycles. The first-order valence-electron chi connectivity index (χ1n) is 8.81. The largest absolute Gasteiger partial charge is 0.352 e. The summed E-state index contributed by atoms with van der Waals surface area (Å²) in [6.07, 6.45) is 2.06. The number of hydrogen-bond donors (Lipinski definition) is 1. The Morgan fingerprint density at radius 3 is 2.70 bits per heavy atom. The first-order chi connectivity index (χ1) is 13.0. The topological polar surface area (TPSA) is 49.4 Å². The number of carbonyl (C=O) groups is 2. The number of carbonyl (C=O) groups excluding carboxylic acids is 2. The fraction of sp³-hybridized carbons (Fsp3) is 0.300. The zero-order chi connectivity index (χ0) is 19.2. The lowest BCUT2D eigenvalue weighted by Gasteiger charge is -2.19. The molecule has 2 aromatic carbocycles. The minimum absolute atomic E-state index is 0.0158. The number of anilines is 1. The molecule has 0 aromatic heterocycles. The molecular formula is C20H20ClFN2O2S. The van der Waals surface area contributed by atoms with Crippen LogP contribution < -0.4 is 10.2 Å². The molecule has 2 aromatic rings. The minimum atomic E-state index is -0.248. The van der Waals surface area contributed by atoms with E-state index in [1.807, 2.05) is 0 Å². The summed E-state index contributed by atoms with van der Waals surface area (Å²) >= 11 is 7.68. The van der Waals surface area contributed by atoms with Crippen LogP contribution in [0.1, 0.15) is 29.6 Å². The van der Waals surface area contributed by atoms with Gasteiger partial charge >= 0.3 is 0 Å². The Labute approximate surface area is 167 Å². The molecule has 0 atom stereocenters. The summed E-state index contributed by atoms with van der Waals surface area (Å²) in [5.74, 6) is 0.362. The molecule has 3 rings (SSSR count). The number of halogens is 2. The van der Waals surface area contributed by atoms with E-state index in [9.17, 15) is 14.0 Å². The molecule has 1 aliphatic heterocycles. The van der Waals surface area contributed by atoms with Crippen LogP contribution in [0.15, 0.2) is 47.4 Å². The Morgan fingerprint density at radius 1 is 1.22 bits per heavy atom. The summed E-state index contributed by atoms with van der Waals surface area (Å²) in [5, 5.41) is 3.40. The number of rotatable bonds is 7. The molecule has 1 N–H and O–H groups in total. The Morgan fingerprint density at radius 2 is 2.00 bits per heavy atom. The Balaban J connectivity index is 1.53. The molecule has 4 nitrogen and oxygen atoms in total. The molecule has 0 spiro atoms. The molecule has 2 amide bonds. The van der Waals surface area contributed by atoms with Gasteiger partial charge in [0.1, 0.15) is 5.82 Å². The summed E-state index contributed by atoms with van der Waals surface area (Å²) in [6.45, 7) is 1.12. The molecule has 0 unspecified atom stereocenters. The zero-order valence-electron chi connectivity index (χ0n) is 14.7. The Hall–Kier alpha value is -2.05. The second-order valence-corrected chi connectivity index (χ2v) is 7.83. The van der Waals surface area contributed by atoms with Crippen molar-refractivity contribution in [2.24, 2.45) is 0 Å². The molecule has 1 saturated heterocycles. The van der Waals surface area contributed by atoms with E-state index in [1.165, 1.54) is 12.1 Å². The standard InChI is InChI=1S/C20H20ClFN2O2S/c21-14-4-9-17(18(13-14)24-11-1-3-19(24)25)20(26)23-10-2-12-27-16-7-5-15(22)6-8-16/h4-9,13H,1-3,10-12H2,(H,23,26). The van der Waals surface area contributed by atoms with Gasteiger partial charge in [0.15, 0.2) is 0 Å². The molecule has 0 bridgehead atoms. The van der Waals surface area contributed by atoms with E-state index in [1.54, 1.807) is 47.0 Å². The quantitative estimate of drug-likeness (QED) is 0.543. The van der Waals surface area contributed by atoms with Gasteiger partial charge in [-0.3, -0.25) is 9.59 Å². The van der Waals surface area contributed by atoms with Gasteiger partial charge in [0, 0.05) is 29.4 Å². The van der Waals surface area contributed by atoms with Gasteiger partial charge in [-0.15, -0.1) is 11.8 Å². The second kappa shape index (κ2) is 9.24. The third kappa shape index (κ3) is 5.23. The van der Waals surface area contributed by atoms with E-state index in [0.29, 0.717) is 35.8 Å². The number of nitrogens with zero attached hydrogens (tertiary/aromatic N) is 1. The highest BCUT2D eigenvalue weighted by Crippen LogP contribution is 2.28. The zero-order valence-corrected chi connectivity index (χ0v) is 16.3. The van der Waals surface area contributed by atoms with Gasteiger partial charge in [-0.25, -0.2) is 4.39 Å². The maximum atomic E-state index is 12.9. The van der Waals surface area contributed by atoms with Gasteiger partial charge in [0.2, 0.25) is 5.91 Å². The maximum Gasteiger partial charge on any atom is 0.253 e. The molecule has 142 valence electrons. The third-order valence-electron chi connectivity index (χ3n) is 4.26. The van der Waals surface area contributed by atoms with Gasteiger partial charge < -0.3 is 10.2 Å². The molecule has 0 saturated carbocycles. The van der Waals surface area contributed by atoms with Crippen molar-refractivity contribution >= 4 is 40.9 Å². The van der Waals surface area contributed by atoms with Crippen molar-refractivity contribution in [1.82, 2.24) is 5.32 Å². The van der Waals surface area contributed by atoms with Gasteiger partial charge in [-0.2, -0.15) is 0 Å². The lowest BCUT2D eigenvalue weighted by atomic mass is 10.1. The summed E-state index contributed by atoms with van der Waals surface area (Å²) in [6, 6.07) is 11.3. The van der Waals surface area contributed by atoms with Crippen LogP contribution in [0.4, 0.5) is 10.1 Å². The van der Waals surface area contributed by atoms with Crippen LogP contribution in [0.2, 0.25) is 5.02 Å². The first-order valence-corrected chi connectivity index (χ1v) is 10.2. The Bertz CT molecular complexity index is 829. The van der Waals surface area contributed by atoms with Crippen molar-refractivity contribution in [3.63, 3.8) is 0 Å². The number of nitrogens with one attached hydrogen (secondary N) is 1. The van der Waals surface area contributed by atoms with Gasteiger partial charge in [0.25, 0.3) is 5.91 Å². The van der Waals surface area contributed by atoms with E-state index in [-0.39, 0.29) is 17.6 Å². The van der Waals surface area contributed by atoms with Crippen molar-refractivity contribution in [1.29, 1.82) is 0 Å². The highest BCUT2D eigenvalue weighted by atomic mass is 35.5. The number of hydrogen-bond acceptors (Lipinski definition) is 3. The molecule has 1 aliphatic rings. The average Bonchev–Trinajstić information content (AvgIpc) is 3.08. The molecule has 27 heavy (non-hydrogen) atoms. The van der Waals surface area contributed by atoms with Crippen LogP contribution in [-0.4, -0.2) is 30.7 Å². The third-order valence-corrected chi connectivity index (χ3v) is 5.59. The second-order valence-electron chi connectivity index (χ2n) is 6.22. The summed E-state index contributed by atoms with van der Waals surface area (Å²) in [7, 11) is 0. The number of benzene rings is 2. The minimum Gasteiger partial charge on any atom is -0.352 e. The van der Waals surface area contributed by atoms with Crippen LogP contribution in [0.5, 0.6) is 0 Å². The summed E-state index contributed by atoms with van der Waals surface area (Å²) in [4.78, 5) is 27.2. The van der Waals surface area contributed by atoms with Crippen LogP contribution in [0.25, 0.3) is 0 Å². The average molecular weight is 407 g/mol. The monoisotopic (exact) mass is 406 g/mol. The fourth-order valence-corrected chi connectivity index (χ4v) is 3.93. The highest BCUT2D eigenvalue weighted by molar-refractivity contribution is 7.99. The Kier molecular flexibility index (Phi) is 6.74. The van der Waals surface area contributed by atoms with Crippen LogP contribution in [-0.2, 0) is 4.79 Å². The number of amides is 2. The van der Waals surface area contributed by atoms with Gasteiger partial charge in [-0.05, 0) is 61.1 Å². The van der Waals surface area contributed by atoms with Crippen molar-refractivity contribution in [2.75, 3.05) is 23.7 Å². The van der Waals surface area contributed by atoms with Crippen molar-refractivity contribution < 1.29 is 14.0 Å². The number of thioether (sulfide) groups is 1. The predicted molar refractivity (Wildman–Crippen MR) is 107 cm³/mol.